The van der Waals surface area contributed by atoms with Crippen molar-refractivity contribution in [2.24, 2.45) is 5.92 Å². The quantitative estimate of drug-likeness (QED) is 0.473. The first-order chi connectivity index (χ1) is 4.13. The highest BCUT2D eigenvalue weighted by Gasteiger charge is 2.30. The van der Waals surface area contributed by atoms with Gasteiger partial charge in [-0.2, -0.15) is 0 Å². The van der Waals surface area contributed by atoms with E-state index in [1.165, 1.54) is 0 Å². The van der Waals surface area contributed by atoms with Gasteiger partial charge in [0.15, 0.2) is 0 Å². The van der Waals surface area contributed by atoms with Crippen molar-refractivity contribution >= 4 is 5.91 Å². The van der Waals surface area contributed by atoms with Crippen LogP contribution in [0.5, 0.6) is 0 Å². The lowest BCUT2D eigenvalue weighted by atomic mass is 10.1. The van der Waals surface area contributed by atoms with Crippen LogP contribution in [0.4, 0.5) is 0 Å². The Morgan fingerprint density at radius 3 is 2.22 bits per heavy atom. The summed E-state index contributed by atoms with van der Waals surface area (Å²) in [6.45, 7) is 4.07. The van der Waals surface area contributed by atoms with Crippen LogP contribution < -0.4 is 0 Å². The van der Waals surface area contributed by atoms with Gasteiger partial charge in [0.25, 0.3) is 0 Å². The average molecular weight is 127 g/mol. The van der Waals surface area contributed by atoms with Crippen molar-refractivity contribution in [3.63, 3.8) is 0 Å². The number of hydrogen-bond acceptors (Lipinski definition) is 1. The smallest absolute Gasteiger partial charge is 0.225 e. The van der Waals surface area contributed by atoms with E-state index in [1.807, 2.05) is 18.9 Å². The Bertz CT molecular complexity index is 133. The standard InChI is InChI=1S/C7H13NO/c1-5-4-6(2)8(3)7(5)9/h5-6H,4H2,1-3H3/t5-,6-/m1/s1. The van der Waals surface area contributed by atoms with Gasteiger partial charge in [-0.25, -0.2) is 0 Å². The monoisotopic (exact) mass is 127 g/mol. The highest BCUT2D eigenvalue weighted by molar-refractivity contribution is 5.80. The first kappa shape index (κ1) is 6.59. The van der Waals surface area contributed by atoms with Gasteiger partial charge in [0.2, 0.25) is 5.91 Å². The molecular formula is C7H13NO. The molecule has 1 aliphatic rings. The maximum absolute atomic E-state index is 11.0. The number of amides is 1. The zero-order valence-electron chi connectivity index (χ0n) is 6.22. The molecule has 52 valence electrons. The molecule has 1 fully saturated rings. The Morgan fingerprint density at radius 1 is 1.56 bits per heavy atom. The lowest BCUT2D eigenvalue weighted by Crippen LogP contribution is -2.26. The third-order valence-corrected chi connectivity index (χ3v) is 2.13. The van der Waals surface area contributed by atoms with E-state index in [1.54, 1.807) is 0 Å². The largest absolute Gasteiger partial charge is 0.343 e. The SMILES string of the molecule is C[C@@H]1C[C@@H](C)N(C)C1=O. The molecule has 0 unspecified atom stereocenters. The van der Waals surface area contributed by atoms with Crippen LogP contribution in [0.1, 0.15) is 20.3 Å². The fourth-order valence-corrected chi connectivity index (χ4v) is 1.34. The van der Waals surface area contributed by atoms with Crippen LogP contribution in [0, 0.1) is 5.92 Å². The molecule has 0 aliphatic carbocycles. The third-order valence-electron chi connectivity index (χ3n) is 2.13. The van der Waals surface area contributed by atoms with Crippen LogP contribution in [0.3, 0.4) is 0 Å². The van der Waals surface area contributed by atoms with Crippen LogP contribution in [-0.2, 0) is 4.79 Å². The highest BCUT2D eigenvalue weighted by Crippen LogP contribution is 2.21. The predicted octanol–water partition coefficient (Wildman–Crippen LogP) is 0.873. The van der Waals surface area contributed by atoms with E-state index < -0.39 is 0 Å². The molecule has 2 atom stereocenters. The van der Waals surface area contributed by atoms with Gasteiger partial charge in [0.1, 0.15) is 0 Å². The lowest BCUT2D eigenvalue weighted by Gasteiger charge is -2.13. The van der Waals surface area contributed by atoms with E-state index in [9.17, 15) is 4.79 Å². The van der Waals surface area contributed by atoms with E-state index in [0.717, 1.165) is 6.42 Å². The van der Waals surface area contributed by atoms with Crippen LogP contribution in [0.2, 0.25) is 0 Å². The van der Waals surface area contributed by atoms with E-state index in [4.69, 9.17) is 0 Å². The second-order valence-corrected chi connectivity index (χ2v) is 2.93. The molecule has 1 saturated heterocycles. The van der Waals surface area contributed by atoms with Crippen molar-refractivity contribution in [3.05, 3.63) is 0 Å². The molecule has 9 heavy (non-hydrogen) atoms. The van der Waals surface area contributed by atoms with Crippen molar-refractivity contribution in [2.75, 3.05) is 7.05 Å². The number of carbonyl (C=O) groups is 1. The van der Waals surface area contributed by atoms with Gasteiger partial charge in [-0.05, 0) is 13.3 Å². The van der Waals surface area contributed by atoms with Crippen LogP contribution in [0.25, 0.3) is 0 Å². The molecule has 1 rings (SSSR count). The number of hydrogen-bond donors (Lipinski definition) is 0. The normalized spacial score (nSPS) is 35.9. The molecule has 0 saturated carbocycles. The summed E-state index contributed by atoms with van der Waals surface area (Å²) in [6.07, 6.45) is 1.02. The number of likely N-dealkylation sites (tertiary alicyclic amines) is 1. The molecule has 1 aliphatic heterocycles. The van der Waals surface area contributed by atoms with Gasteiger partial charge in [-0.1, -0.05) is 6.92 Å². The second kappa shape index (κ2) is 2.01. The maximum atomic E-state index is 11.0. The first-order valence-electron chi connectivity index (χ1n) is 3.39. The minimum atomic E-state index is 0.255. The Morgan fingerprint density at radius 2 is 2.11 bits per heavy atom. The molecule has 0 N–H and O–H groups in total. The summed E-state index contributed by atoms with van der Waals surface area (Å²) >= 11 is 0. The molecule has 0 aromatic rings. The summed E-state index contributed by atoms with van der Waals surface area (Å²) in [6, 6.07) is 0.451. The minimum Gasteiger partial charge on any atom is -0.343 e. The zero-order valence-corrected chi connectivity index (χ0v) is 6.22. The van der Waals surface area contributed by atoms with Crippen LogP contribution in [0.15, 0.2) is 0 Å². The highest BCUT2D eigenvalue weighted by atomic mass is 16.2. The van der Waals surface area contributed by atoms with Crippen molar-refractivity contribution < 1.29 is 4.79 Å². The first-order valence-corrected chi connectivity index (χ1v) is 3.39. The summed E-state index contributed by atoms with van der Waals surface area (Å²) in [4.78, 5) is 12.9. The Labute approximate surface area is 55.8 Å². The zero-order chi connectivity index (χ0) is 7.02. The number of nitrogens with zero attached hydrogens (tertiary/aromatic N) is 1. The third kappa shape index (κ3) is 0.934. The van der Waals surface area contributed by atoms with E-state index in [2.05, 4.69) is 6.92 Å². The van der Waals surface area contributed by atoms with Crippen LogP contribution in [-0.4, -0.2) is 23.9 Å². The topological polar surface area (TPSA) is 20.3 Å². The van der Waals surface area contributed by atoms with Gasteiger partial charge in [-0.15, -0.1) is 0 Å². The summed E-state index contributed by atoms with van der Waals surface area (Å²) in [7, 11) is 1.87. The molecular weight excluding hydrogens is 114 g/mol. The molecule has 0 aromatic heterocycles. The number of carbonyl (C=O) groups excluding carboxylic acids is 1. The summed E-state index contributed by atoms with van der Waals surface area (Å²) in [5.41, 5.74) is 0. The molecule has 0 aromatic carbocycles. The number of rotatable bonds is 0. The average Bonchev–Trinajstić information content (AvgIpc) is 1.98. The fraction of sp³-hybridized carbons (Fsp3) is 0.857. The Balaban J connectivity index is 2.65. The maximum Gasteiger partial charge on any atom is 0.225 e. The van der Waals surface area contributed by atoms with Crippen LogP contribution >= 0.6 is 0 Å². The lowest BCUT2D eigenvalue weighted by molar-refractivity contribution is -0.130. The molecule has 2 nitrogen and oxygen atoms in total. The van der Waals surface area contributed by atoms with Crippen molar-refractivity contribution in [1.82, 2.24) is 4.90 Å². The Hall–Kier alpha value is -0.530. The predicted molar refractivity (Wildman–Crippen MR) is 36.0 cm³/mol. The molecule has 2 heteroatoms. The van der Waals surface area contributed by atoms with Gasteiger partial charge >= 0.3 is 0 Å². The van der Waals surface area contributed by atoms with Crippen molar-refractivity contribution in [1.29, 1.82) is 0 Å². The molecule has 0 bridgehead atoms. The van der Waals surface area contributed by atoms with E-state index >= 15 is 0 Å². The molecule has 1 heterocycles. The summed E-state index contributed by atoms with van der Waals surface area (Å²) in [5.74, 6) is 0.549. The van der Waals surface area contributed by atoms with Crippen molar-refractivity contribution in [2.45, 2.75) is 26.3 Å². The van der Waals surface area contributed by atoms with E-state index in [-0.39, 0.29) is 5.92 Å². The summed E-state index contributed by atoms with van der Waals surface area (Å²) in [5, 5.41) is 0. The van der Waals surface area contributed by atoms with Crippen molar-refractivity contribution in [3.8, 4) is 0 Å². The Kier molecular flexibility index (Phi) is 1.47. The second-order valence-electron chi connectivity index (χ2n) is 2.93. The fourth-order valence-electron chi connectivity index (χ4n) is 1.34. The minimum absolute atomic E-state index is 0.255. The van der Waals surface area contributed by atoms with Gasteiger partial charge in [0, 0.05) is 19.0 Å². The van der Waals surface area contributed by atoms with E-state index in [0.29, 0.717) is 11.9 Å². The van der Waals surface area contributed by atoms with Gasteiger partial charge in [-0.3, -0.25) is 4.79 Å². The van der Waals surface area contributed by atoms with Gasteiger partial charge in [0.05, 0.1) is 0 Å². The molecule has 1 amide bonds. The van der Waals surface area contributed by atoms with Gasteiger partial charge < -0.3 is 4.90 Å². The molecule has 0 radical (unpaired) electrons. The summed E-state index contributed by atoms with van der Waals surface area (Å²) < 4.78 is 0. The molecule has 0 spiro atoms.